The van der Waals surface area contributed by atoms with Gasteiger partial charge in [-0.2, -0.15) is 0 Å². The van der Waals surface area contributed by atoms with Crippen molar-refractivity contribution in [1.82, 2.24) is 21.1 Å². The summed E-state index contributed by atoms with van der Waals surface area (Å²) in [4.78, 5) is 66.1. The number of benzene rings is 2. The van der Waals surface area contributed by atoms with Crippen molar-refractivity contribution in [3.63, 3.8) is 0 Å². The number of nitrogens with one attached hydrogen (secondary N) is 3. The molecule has 0 spiro atoms. The number of amides is 3. The molecule has 0 saturated carbocycles. The molecule has 12 nitrogen and oxygen atoms in total. The lowest BCUT2D eigenvalue weighted by atomic mass is 9.98. The number of rotatable bonds is 11. The van der Waals surface area contributed by atoms with Gasteiger partial charge in [-0.15, -0.1) is 0 Å². The Balaban J connectivity index is 1.44. The summed E-state index contributed by atoms with van der Waals surface area (Å²) in [6.45, 7) is 8.17. The van der Waals surface area contributed by atoms with Gasteiger partial charge in [0.15, 0.2) is 0 Å². The molecular weight excluding hydrogens is 711 g/mol. The molecule has 15 heteroatoms. The van der Waals surface area contributed by atoms with Crippen LogP contribution in [0.3, 0.4) is 0 Å². The third-order valence-electron chi connectivity index (χ3n) is 8.09. The van der Waals surface area contributed by atoms with Gasteiger partial charge in [0.05, 0.1) is 6.42 Å². The number of ether oxygens (including phenoxy) is 3. The molecule has 1 aliphatic carbocycles. The summed E-state index contributed by atoms with van der Waals surface area (Å²) in [5.41, 5.74) is 6.16. The summed E-state index contributed by atoms with van der Waals surface area (Å²) in [5, 5.41) is 6.39. The minimum absolute atomic E-state index is 0.0396. The third kappa shape index (κ3) is 10.7. The number of halogens is 3. The van der Waals surface area contributed by atoms with Gasteiger partial charge in [-0.25, -0.2) is 10.2 Å². The summed E-state index contributed by atoms with van der Waals surface area (Å²) < 4.78 is 14.3. The van der Waals surface area contributed by atoms with Crippen LogP contribution in [0.1, 0.15) is 70.9 Å². The number of carbonyl (C=O) groups is 5. The smallest absolute Gasteiger partial charge is 0.407 e. The Morgan fingerprint density at radius 2 is 1.52 bits per heavy atom. The number of hydrogen-bond acceptors (Lipinski definition) is 9. The molecule has 1 unspecified atom stereocenters. The highest BCUT2D eigenvalue weighted by Gasteiger charge is 2.38. The van der Waals surface area contributed by atoms with E-state index in [4.69, 9.17) is 49.0 Å². The van der Waals surface area contributed by atoms with Crippen molar-refractivity contribution < 1.29 is 38.2 Å². The van der Waals surface area contributed by atoms with Crippen LogP contribution in [0.15, 0.2) is 48.5 Å². The van der Waals surface area contributed by atoms with Crippen LogP contribution in [0.25, 0.3) is 11.1 Å². The van der Waals surface area contributed by atoms with E-state index in [1.807, 2.05) is 48.5 Å². The molecule has 4 rings (SSSR count). The fourth-order valence-corrected chi connectivity index (χ4v) is 6.03. The number of alkyl carbamates (subject to hydrolysis) is 1. The highest BCUT2D eigenvalue weighted by molar-refractivity contribution is 6.67. The Labute approximate surface area is 306 Å². The minimum Gasteiger partial charge on any atom is -0.460 e. The van der Waals surface area contributed by atoms with E-state index in [9.17, 15) is 24.0 Å². The molecule has 1 saturated heterocycles. The van der Waals surface area contributed by atoms with Crippen molar-refractivity contribution in [2.75, 3.05) is 19.8 Å². The Bertz CT molecular complexity index is 1530. The van der Waals surface area contributed by atoms with Crippen molar-refractivity contribution in [3.8, 4) is 11.1 Å². The number of hydrogen-bond donors (Lipinski definition) is 3. The van der Waals surface area contributed by atoms with E-state index in [1.165, 1.54) is 0 Å². The average Bonchev–Trinajstić information content (AvgIpc) is 3.36. The van der Waals surface area contributed by atoms with E-state index in [0.717, 1.165) is 27.3 Å². The molecule has 1 aliphatic heterocycles. The van der Waals surface area contributed by atoms with Crippen molar-refractivity contribution in [2.24, 2.45) is 5.92 Å². The molecule has 1 fully saturated rings. The summed E-state index contributed by atoms with van der Waals surface area (Å²) in [7, 11) is 0. The number of nitrogens with zero attached hydrogens (tertiary/aromatic N) is 1. The second-order valence-corrected chi connectivity index (χ2v) is 16.1. The quantitative estimate of drug-likeness (QED) is 0.160. The Hall–Kier alpha value is -3.58. The van der Waals surface area contributed by atoms with Crippen LogP contribution in [0.4, 0.5) is 4.79 Å². The van der Waals surface area contributed by atoms with Gasteiger partial charge < -0.3 is 24.8 Å². The van der Waals surface area contributed by atoms with Gasteiger partial charge in [0.2, 0.25) is 9.70 Å². The predicted octanol–water partition coefficient (Wildman–Crippen LogP) is 5.18. The summed E-state index contributed by atoms with van der Waals surface area (Å²) in [6.07, 6.45) is -0.606. The first-order chi connectivity index (χ1) is 23.4. The highest BCUT2D eigenvalue weighted by Crippen LogP contribution is 2.44. The van der Waals surface area contributed by atoms with Gasteiger partial charge in [0.25, 0.3) is 5.91 Å². The van der Waals surface area contributed by atoms with Crippen LogP contribution in [-0.2, 0) is 33.4 Å². The normalized spacial score (nSPS) is 17.2. The second kappa shape index (κ2) is 16.6. The first-order valence-corrected chi connectivity index (χ1v) is 17.5. The topological polar surface area (TPSA) is 152 Å². The number of carbonyl (C=O) groups excluding carboxylic acids is 5. The lowest BCUT2D eigenvalue weighted by Gasteiger charge is -2.35. The molecule has 2 aromatic rings. The summed E-state index contributed by atoms with van der Waals surface area (Å²) >= 11 is 17.1. The molecule has 3 amide bonds. The fourth-order valence-electron chi connectivity index (χ4n) is 5.87. The van der Waals surface area contributed by atoms with Crippen molar-refractivity contribution in [2.45, 2.75) is 87.3 Å². The zero-order valence-electron chi connectivity index (χ0n) is 28.6. The molecule has 2 aromatic carbocycles. The zero-order chi connectivity index (χ0) is 36.8. The third-order valence-corrected chi connectivity index (χ3v) is 8.41. The van der Waals surface area contributed by atoms with Crippen molar-refractivity contribution in [1.29, 1.82) is 0 Å². The van der Waals surface area contributed by atoms with Crippen LogP contribution >= 0.6 is 34.8 Å². The summed E-state index contributed by atoms with van der Waals surface area (Å²) in [5.74, 6) is -3.52. The van der Waals surface area contributed by atoms with E-state index in [2.05, 4.69) is 16.1 Å². The van der Waals surface area contributed by atoms with Gasteiger partial charge in [-0.3, -0.25) is 24.2 Å². The van der Waals surface area contributed by atoms with Crippen LogP contribution in [0, 0.1) is 5.92 Å². The van der Waals surface area contributed by atoms with Gasteiger partial charge in [-0.1, -0.05) is 97.2 Å². The number of fused-ring (bicyclic) bond motifs is 3. The molecule has 3 atom stereocenters. The molecule has 1 heterocycles. The van der Waals surface area contributed by atoms with Gasteiger partial charge in [0, 0.05) is 12.5 Å². The van der Waals surface area contributed by atoms with Gasteiger partial charge in [0.1, 0.15) is 36.9 Å². The van der Waals surface area contributed by atoms with E-state index < -0.39 is 76.3 Å². The fraction of sp³-hybridized carbons (Fsp3) is 0.514. The lowest BCUT2D eigenvalue weighted by Crippen LogP contribution is -2.62. The standard InChI is InChI=1S/C35H43Cl3N4O8/c1-20(2)29(40-33(47)48-18-25-23-13-8-6-11-21(23)22-12-7-9-14-24(22)25)30(44)39-27(17-28(43)50-34(3,4)5)31(45)42-16-10-15-26(41-42)32(46)49-19-35(36,37)38/h6-9,11-14,20,25-27,29,41H,10,15-19H2,1-5H3,(H,39,44)(H,40,47)/t26-,27?,29-/m0/s1. The summed E-state index contributed by atoms with van der Waals surface area (Å²) in [6, 6.07) is 12.4. The monoisotopic (exact) mass is 752 g/mol. The molecule has 3 N–H and O–H groups in total. The van der Waals surface area contributed by atoms with Crippen molar-refractivity contribution >= 4 is 64.6 Å². The maximum atomic E-state index is 13.8. The van der Waals surface area contributed by atoms with Gasteiger partial charge in [-0.05, 0) is 61.8 Å². The number of alkyl halides is 3. The first-order valence-electron chi connectivity index (χ1n) is 16.4. The van der Waals surface area contributed by atoms with E-state index in [-0.39, 0.29) is 19.1 Å². The van der Waals surface area contributed by atoms with Crippen LogP contribution in [0.5, 0.6) is 0 Å². The Morgan fingerprint density at radius 3 is 2.08 bits per heavy atom. The molecule has 0 bridgehead atoms. The largest absolute Gasteiger partial charge is 0.460 e. The molecule has 50 heavy (non-hydrogen) atoms. The SMILES string of the molecule is CC(C)[C@H](NC(=O)OCC1c2ccccc2-c2ccccc21)C(=O)NC(CC(=O)OC(C)(C)C)C(=O)N1CCC[C@@H](C(=O)OCC(Cl)(Cl)Cl)N1. The minimum atomic E-state index is -1.82. The molecule has 0 aromatic heterocycles. The van der Waals surface area contributed by atoms with E-state index >= 15 is 0 Å². The first kappa shape index (κ1) is 39.2. The number of esters is 2. The Kier molecular flexibility index (Phi) is 13.0. The van der Waals surface area contributed by atoms with E-state index in [0.29, 0.717) is 12.8 Å². The lowest BCUT2D eigenvalue weighted by molar-refractivity contribution is -0.160. The molecule has 0 radical (unpaired) electrons. The molecule has 272 valence electrons. The second-order valence-electron chi connectivity index (χ2n) is 13.6. The zero-order valence-corrected chi connectivity index (χ0v) is 30.9. The maximum Gasteiger partial charge on any atom is 0.407 e. The van der Waals surface area contributed by atoms with E-state index in [1.54, 1.807) is 34.6 Å². The molecule has 2 aliphatic rings. The van der Waals surface area contributed by atoms with Crippen molar-refractivity contribution in [3.05, 3.63) is 59.7 Å². The van der Waals surface area contributed by atoms with Crippen LogP contribution in [0.2, 0.25) is 0 Å². The predicted molar refractivity (Wildman–Crippen MR) is 188 cm³/mol. The average molecular weight is 754 g/mol. The number of hydrazine groups is 1. The highest BCUT2D eigenvalue weighted by atomic mass is 35.6. The van der Waals surface area contributed by atoms with Gasteiger partial charge >= 0.3 is 18.0 Å². The Morgan fingerprint density at radius 1 is 0.920 bits per heavy atom. The van der Waals surface area contributed by atoms with Crippen LogP contribution < -0.4 is 16.1 Å². The molecular formula is C35H43Cl3N4O8. The maximum absolute atomic E-state index is 13.8. The van der Waals surface area contributed by atoms with Crippen LogP contribution in [-0.4, -0.2) is 82.1 Å².